The molecule has 16 heavy (non-hydrogen) atoms. The molecule has 1 saturated carbocycles. The lowest BCUT2D eigenvalue weighted by molar-refractivity contribution is -0.117. The second-order valence-corrected chi connectivity index (χ2v) is 4.45. The molecule has 0 bridgehead atoms. The highest BCUT2D eigenvalue weighted by atomic mass is 16.2. The predicted octanol–water partition coefficient (Wildman–Crippen LogP) is 1.71. The van der Waals surface area contributed by atoms with Gasteiger partial charge in [-0.2, -0.15) is 0 Å². The van der Waals surface area contributed by atoms with Gasteiger partial charge in [0, 0.05) is 18.8 Å². The summed E-state index contributed by atoms with van der Waals surface area (Å²) in [5, 5.41) is 3.23. The Balaban J connectivity index is 1.94. The fourth-order valence-electron chi connectivity index (χ4n) is 1.62. The minimum atomic E-state index is 0.123. The fraction of sp³-hybridized carbons (Fsp3) is 0.462. The molecular weight excluding hydrogens is 200 g/mol. The number of amides is 1. The van der Waals surface area contributed by atoms with Gasteiger partial charge < -0.3 is 10.2 Å². The van der Waals surface area contributed by atoms with Gasteiger partial charge in [0.25, 0.3) is 0 Å². The molecule has 1 aromatic rings. The van der Waals surface area contributed by atoms with Gasteiger partial charge in [-0.15, -0.1) is 0 Å². The van der Waals surface area contributed by atoms with Crippen LogP contribution in [0.25, 0.3) is 0 Å². The highest BCUT2D eigenvalue weighted by Gasteiger charge is 2.22. The van der Waals surface area contributed by atoms with E-state index in [9.17, 15) is 4.79 Å². The summed E-state index contributed by atoms with van der Waals surface area (Å²) in [7, 11) is 1.83. The van der Waals surface area contributed by atoms with Crippen molar-refractivity contribution < 1.29 is 4.79 Å². The maximum Gasteiger partial charge on any atom is 0.240 e. The highest BCUT2D eigenvalue weighted by molar-refractivity contribution is 5.94. The van der Waals surface area contributed by atoms with Crippen LogP contribution in [0.4, 0.5) is 5.69 Å². The zero-order valence-electron chi connectivity index (χ0n) is 9.86. The normalized spacial score (nSPS) is 14.9. The Labute approximate surface area is 96.5 Å². The first-order valence-corrected chi connectivity index (χ1v) is 5.73. The number of likely N-dealkylation sites (N-methyl/N-ethyl adjacent to an activating group) is 1. The number of nitrogens with one attached hydrogen (secondary N) is 1. The molecule has 0 heterocycles. The van der Waals surface area contributed by atoms with E-state index in [1.54, 1.807) is 4.90 Å². The number of carbonyl (C=O) groups is 1. The van der Waals surface area contributed by atoms with E-state index >= 15 is 0 Å². The lowest BCUT2D eigenvalue weighted by atomic mass is 10.2. The van der Waals surface area contributed by atoms with E-state index in [-0.39, 0.29) is 5.91 Å². The Kier molecular flexibility index (Phi) is 3.25. The number of rotatable bonds is 4. The van der Waals surface area contributed by atoms with Crippen molar-refractivity contribution in [3.8, 4) is 0 Å². The van der Waals surface area contributed by atoms with Gasteiger partial charge in [0.2, 0.25) is 5.91 Å². The van der Waals surface area contributed by atoms with E-state index in [1.165, 1.54) is 18.4 Å². The summed E-state index contributed by atoms with van der Waals surface area (Å²) < 4.78 is 0. The third-order valence-corrected chi connectivity index (χ3v) is 2.88. The SMILES string of the molecule is Cc1cccc(N(C)C(=O)CNC2CC2)c1. The number of benzene rings is 1. The van der Waals surface area contributed by atoms with Crippen LogP contribution in [0.2, 0.25) is 0 Å². The summed E-state index contributed by atoms with van der Waals surface area (Å²) in [5.74, 6) is 0.123. The Morgan fingerprint density at radius 2 is 2.25 bits per heavy atom. The van der Waals surface area contributed by atoms with Crippen molar-refractivity contribution in [3.05, 3.63) is 29.8 Å². The van der Waals surface area contributed by atoms with Gasteiger partial charge in [-0.3, -0.25) is 4.79 Å². The predicted molar refractivity (Wildman–Crippen MR) is 65.6 cm³/mol. The molecule has 3 nitrogen and oxygen atoms in total. The summed E-state index contributed by atoms with van der Waals surface area (Å²) in [4.78, 5) is 13.6. The molecule has 1 fully saturated rings. The van der Waals surface area contributed by atoms with E-state index in [4.69, 9.17) is 0 Å². The van der Waals surface area contributed by atoms with E-state index in [2.05, 4.69) is 5.32 Å². The molecule has 3 heteroatoms. The molecule has 0 spiro atoms. The van der Waals surface area contributed by atoms with Crippen molar-refractivity contribution in [1.82, 2.24) is 5.32 Å². The average Bonchev–Trinajstić information content (AvgIpc) is 3.08. The molecule has 0 aromatic heterocycles. The average molecular weight is 218 g/mol. The van der Waals surface area contributed by atoms with Gasteiger partial charge in [-0.1, -0.05) is 12.1 Å². The van der Waals surface area contributed by atoms with Gasteiger partial charge in [0.1, 0.15) is 0 Å². The molecule has 0 unspecified atom stereocenters. The molecule has 1 aliphatic rings. The monoisotopic (exact) mass is 218 g/mol. The molecule has 0 atom stereocenters. The van der Waals surface area contributed by atoms with Crippen molar-refractivity contribution in [2.75, 3.05) is 18.5 Å². The molecular formula is C13H18N2O. The lowest BCUT2D eigenvalue weighted by Gasteiger charge is -2.18. The smallest absolute Gasteiger partial charge is 0.240 e. The second kappa shape index (κ2) is 4.66. The van der Waals surface area contributed by atoms with Crippen molar-refractivity contribution >= 4 is 11.6 Å². The third kappa shape index (κ3) is 2.83. The first-order chi connectivity index (χ1) is 7.66. The summed E-state index contributed by atoms with van der Waals surface area (Å²) in [5.41, 5.74) is 2.13. The Hall–Kier alpha value is -1.35. The zero-order chi connectivity index (χ0) is 11.5. The molecule has 0 aliphatic heterocycles. The van der Waals surface area contributed by atoms with Crippen LogP contribution < -0.4 is 10.2 Å². The molecule has 86 valence electrons. The zero-order valence-corrected chi connectivity index (χ0v) is 9.86. The summed E-state index contributed by atoms with van der Waals surface area (Å²) in [6.07, 6.45) is 2.42. The Bertz CT molecular complexity index is 385. The number of hydrogen-bond acceptors (Lipinski definition) is 2. The topological polar surface area (TPSA) is 32.3 Å². The molecule has 1 aliphatic carbocycles. The largest absolute Gasteiger partial charge is 0.314 e. The van der Waals surface area contributed by atoms with Crippen LogP contribution in [-0.2, 0) is 4.79 Å². The standard InChI is InChI=1S/C13H18N2O/c1-10-4-3-5-12(8-10)15(2)13(16)9-14-11-6-7-11/h3-5,8,11,14H,6-7,9H2,1-2H3. The maximum absolute atomic E-state index is 11.9. The quantitative estimate of drug-likeness (QED) is 0.834. The van der Waals surface area contributed by atoms with Crippen molar-refractivity contribution in [2.45, 2.75) is 25.8 Å². The molecule has 1 amide bonds. The van der Waals surface area contributed by atoms with Crippen molar-refractivity contribution in [1.29, 1.82) is 0 Å². The maximum atomic E-state index is 11.9. The minimum Gasteiger partial charge on any atom is -0.314 e. The van der Waals surface area contributed by atoms with Crippen LogP contribution in [0.1, 0.15) is 18.4 Å². The van der Waals surface area contributed by atoms with Crippen LogP contribution in [0.15, 0.2) is 24.3 Å². The second-order valence-electron chi connectivity index (χ2n) is 4.45. The van der Waals surface area contributed by atoms with Gasteiger partial charge in [-0.05, 0) is 37.5 Å². The minimum absolute atomic E-state index is 0.123. The molecule has 2 rings (SSSR count). The molecule has 0 radical (unpaired) electrons. The van der Waals surface area contributed by atoms with Crippen molar-refractivity contribution in [2.24, 2.45) is 0 Å². The van der Waals surface area contributed by atoms with Crippen LogP contribution in [-0.4, -0.2) is 25.5 Å². The summed E-state index contributed by atoms with van der Waals surface area (Å²) in [6, 6.07) is 8.57. The van der Waals surface area contributed by atoms with Gasteiger partial charge in [0.05, 0.1) is 6.54 Å². The summed E-state index contributed by atoms with van der Waals surface area (Å²) in [6.45, 7) is 2.47. The molecule has 0 saturated heterocycles. The van der Waals surface area contributed by atoms with Gasteiger partial charge in [0.15, 0.2) is 0 Å². The number of hydrogen-bond donors (Lipinski definition) is 1. The van der Waals surface area contributed by atoms with E-state index < -0.39 is 0 Å². The Morgan fingerprint density at radius 3 is 2.88 bits per heavy atom. The number of aryl methyl sites for hydroxylation is 1. The Morgan fingerprint density at radius 1 is 1.50 bits per heavy atom. The number of nitrogens with zero attached hydrogens (tertiary/aromatic N) is 1. The highest BCUT2D eigenvalue weighted by Crippen LogP contribution is 2.18. The van der Waals surface area contributed by atoms with Crippen molar-refractivity contribution in [3.63, 3.8) is 0 Å². The van der Waals surface area contributed by atoms with E-state index in [1.807, 2.05) is 38.2 Å². The first kappa shape index (κ1) is 11.1. The van der Waals surface area contributed by atoms with E-state index in [0.29, 0.717) is 12.6 Å². The molecule has 1 aromatic carbocycles. The van der Waals surface area contributed by atoms with Crippen LogP contribution in [0.5, 0.6) is 0 Å². The fourth-order valence-corrected chi connectivity index (χ4v) is 1.62. The summed E-state index contributed by atoms with van der Waals surface area (Å²) >= 11 is 0. The number of anilines is 1. The lowest BCUT2D eigenvalue weighted by Crippen LogP contribution is -2.36. The van der Waals surface area contributed by atoms with Gasteiger partial charge >= 0.3 is 0 Å². The van der Waals surface area contributed by atoms with Crippen LogP contribution in [0.3, 0.4) is 0 Å². The molecule has 1 N–H and O–H groups in total. The first-order valence-electron chi connectivity index (χ1n) is 5.73. The number of carbonyl (C=O) groups excluding carboxylic acids is 1. The van der Waals surface area contributed by atoms with Gasteiger partial charge in [-0.25, -0.2) is 0 Å². The van der Waals surface area contributed by atoms with Crippen LogP contribution in [0, 0.1) is 6.92 Å². The van der Waals surface area contributed by atoms with E-state index in [0.717, 1.165) is 5.69 Å². The third-order valence-electron chi connectivity index (χ3n) is 2.88. The van der Waals surface area contributed by atoms with Crippen LogP contribution >= 0.6 is 0 Å².